The minimum absolute atomic E-state index is 0.0463. The molecular weight excluding hydrogens is 396 g/mol. The van der Waals surface area contributed by atoms with Crippen LogP contribution in [0.5, 0.6) is 11.5 Å². The predicted octanol–water partition coefficient (Wildman–Crippen LogP) is 5.40. The molecule has 1 amide bonds. The van der Waals surface area contributed by atoms with Gasteiger partial charge in [-0.3, -0.25) is 4.79 Å². The number of thioether (sulfide) groups is 1. The van der Waals surface area contributed by atoms with Crippen molar-refractivity contribution < 1.29 is 9.53 Å². The molecule has 0 bridgehead atoms. The molecule has 5 rings (SSSR count). The molecule has 0 unspecified atom stereocenters. The van der Waals surface area contributed by atoms with Crippen molar-refractivity contribution in [2.45, 2.75) is 55.0 Å². The lowest BCUT2D eigenvalue weighted by Gasteiger charge is -2.13. The fraction of sp³-hybridized carbons (Fsp3) is 0.348. The van der Waals surface area contributed by atoms with Gasteiger partial charge in [0.15, 0.2) is 5.16 Å². The monoisotopic (exact) mass is 420 g/mol. The van der Waals surface area contributed by atoms with Gasteiger partial charge in [0.1, 0.15) is 17.3 Å². The van der Waals surface area contributed by atoms with Crippen LogP contribution in [-0.4, -0.2) is 25.9 Å². The van der Waals surface area contributed by atoms with Gasteiger partial charge in [0, 0.05) is 17.6 Å². The maximum atomic E-state index is 12.7. The first kappa shape index (κ1) is 19.2. The molecule has 0 radical (unpaired) electrons. The third kappa shape index (κ3) is 4.36. The summed E-state index contributed by atoms with van der Waals surface area (Å²) in [4.78, 5) is 12.7. The van der Waals surface area contributed by atoms with Gasteiger partial charge in [-0.25, -0.2) is 0 Å². The smallest absolute Gasteiger partial charge is 0.237 e. The Hall–Kier alpha value is -2.80. The number of anilines is 1. The van der Waals surface area contributed by atoms with Crippen LogP contribution in [0.1, 0.15) is 50.4 Å². The minimum Gasteiger partial charge on any atom is -0.457 e. The van der Waals surface area contributed by atoms with Crippen LogP contribution in [-0.2, 0) is 4.79 Å². The van der Waals surface area contributed by atoms with Crippen LogP contribution in [0.4, 0.5) is 5.69 Å². The van der Waals surface area contributed by atoms with Crippen LogP contribution < -0.4 is 10.1 Å². The Kier molecular flexibility index (Phi) is 5.21. The number of carbonyl (C=O) groups is 1. The molecule has 2 aromatic carbocycles. The zero-order valence-electron chi connectivity index (χ0n) is 16.8. The van der Waals surface area contributed by atoms with Crippen LogP contribution in [0, 0.1) is 0 Å². The first-order valence-electron chi connectivity index (χ1n) is 10.4. The number of rotatable bonds is 8. The topological polar surface area (TPSA) is 69.0 Å². The van der Waals surface area contributed by atoms with Crippen molar-refractivity contribution >= 4 is 23.4 Å². The molecule has 1 aromatic heterocycles. The summed E-state index contributed by atoms with van der Waals surface area (Å²) in [5.74, 6) is 3.14. The average molecular weight is 421 g/mol. The first-order chi connectivity index (χ1) is 14.7. The first-order valence-corrected chi connectivity index (χ1v) is 11.3. The van der Waals surface area contributed by atoms with E-state index in [0.29, 0.717) is 12.0 Å². The second-order valence-corrected chi connectivity index (χ2v) is 9.21. The van der Waals surface area contributed by atoms with Crippen molar-refractivity contribution in [1.29, 1.82) is 0 Å². The maximum absolute atomic E-state index is 12.7. The van der Waals surface area contributed by atoms with E-state index in [2.05, 4.69) is 20.1 Å². The van der Waals surface area contributed by atoms with E-state index in [0.717, 1.165) is 28.2 Å². The number of carbonyl (C=O) groups excluding carboxylic acids is 1. The summed E-state index contributed by atoms with van der Waals surface area (Å²) in [6.07, 6.45) is 4.78. The van der Waals surface area contributed by atoms with Crippen molar-refractivity contribution in [1.82, 2.24) is 14.8 Å². The molecular formula is C23H24N4O2S. The Balaban J connectivity index is 1.20. The Morgan fingerprint density at radius 1 is 1.03 bits per heavy atom. The number of hydrogen-bond donors (Lipinski definition) is 1. The van der Waals surface area contributed by atoms with Gasteiger partial charge < -0.3 is 14.6 Å². The van der Waals surface area contributed by atoms with Gasteiger partial charge in [0.25, 0.3) is 0 Å². The number of para-hydroxylation sites is 1. The number of nitrogens with one attached hydrogen (secondary N) is 1. The summed E-state index contributed by atoms with van der Waals surface area (Å²) < 4.78 is 8.08. The van der Waals surface area contributed by atoms with E-state index < -0.39 is 0 Å². The molecule has 2 fully saturated rings. The number of nitrogens with zero attached hydrogens (tertiary/aromatic N) is 3. The number of ether oxygens (including phenoxy) is 1. The largest absolute Gasteiger partial charge is 0.457 e. The van der Waals surface area contributed by atoms with Gasteiger partial charge in [-0.05, 0) is 69.0 Å². The number of aromatic nitrogens is 3. The zero-order chi connectivity index (χ0) is 20.5. The Morgan fingerprint density at radius 3 is 2.40 bits per heavy atom. The molecule has 2 saturated carbocycles. The van der Waals surface area contributed by atoms with E-state index in [-0.39, 0.29) is 11.2 Å². The molecule has 6 nitrogen and oxygen atoms in total. The van der Waals surface area contributed by atoms with Crippen LogP contribution in [0.25, 0.3) is 0 Å². The second-order valence-electron chi connectivity index (χ2n) is 7.91. The van der Waals surface area contributed by atoms with Crippen molar-refractivity contribution in [2.75, 3.05) is 5.32 Å². The molecule has 2 aliphatic rings. The molecule has 30 heavy (non-hydrogen) atoms. The highest BCUT2D eigenvalue weighted by atomic mass is 32.2. The summed E-state index contributed by atoms with van der Waals surface area (Å²) in [7, 11) is 0. The highest BCUT2D eigenvalue weighted by Gasteiger charge is 2.37. The second kappa shape index (κ2) is 8.14. The van der Waals surface area contributed by atoms with Gasteiger partial charge >= 0.3 is 0 Å². The fourth-order valence-corrected chi connectivity index (χ4v) is 4.28. The van der Waals surface area contributed by atoms with Gasteiger partial charge in [-0.2, -0.15) is 0 Å². The number of benzene rings is 2. The van der Waals surface area contributed by atoms with Gasteiger partial charge in [-0.15, -0.1) is 10.2 Å². The summed E-state index contributed by atoms with van der Waals surface area (Å²) in [5.41, 5.74) is 0.746. The molecule has 2 aliphatic carbocycles. The van der Waals surface area contributed by atoms with Gasteiger partial charge in [0.05, 0.1) is 5.25 Å². The summed E-state index contributed by atoms with van der Waals surface area (Å²) in [5, 5.41) is 12.4. The predicted molar refractivity (Wildman–Crippen MR) is 117 cm³/mol. The summed E-state index contributed by atoms with van der Waals surface area (Å²) >= 11 is 1.49. The Bertz CT molecular complexity index is 1030. The average Bonchev–Trinajstić information content (AvgIpc) is 3.69. The van der Waals surface area contributed by atoms with Crippen LogP contribution in [0.3, 0.4) is 0 Å². The molecule has 3 aromatic rings. The molecule has 1 atom stereocenters. The normalized spacial score (nSPS) is 16.8. The van der Waals surface area contributed by atoms with E-state index in [9.17, 15) is 4.79 Å². The molecule has 7 heteroatoms. The SMILES string of the molecule is C[C@@H](Sc1nnc(C2CC2)n1C1CC1)C(=O)Nc1ccc(Oc2ccccc2)cc1. The van der Waals surface area contributed by atoms with Crippen molar-refractivity contribution in [3.05, 3.63) is 60.4 Å². The highest BCUT2D eigenvalue weighted by molar-refractivity contribution is 8.00. The standard InChI is InChI=1S/C23H24N4O2S/c1-15(30-23-26-25-21(16-7-8-16)27(23)18-11-12-18)22(28)24-17-9-13-20(14-10-17)29-19-5-3-2-4-6-19/h2-6,9-10,13-16,18H,7-8,11-12H2,1H3,(H,24,28)/t15-/m1/s1. The van der Waals surface area contributed by atoms with Gasteiger partial charge in [0.2, 0.25) is 5.91 Å². The molecule has 0 aliphatic heterocycles. The van der Waals surface area contributed by atoms with Crippen LogP contribution >= 0.6 is 11.8 Å². The number of hydrogen-bond acceptors (Lipinski definition) is 5. The van der Waals surface area contributed by atoms with Crippen LogP contribution in [0.15, 0.2) is 59.8 Å². The molecule has 0 saturated heterocycles. The molecule has 0 spiro atoms. The van der Waals surface area contributed by atoms with Crippen molar-refractivity contribution in [3.63, 3.8) is 0 Å². The van der Waals surface area contributed by atoms with Crippen LogP contribution in [0.2, 0.25) is 0 Å². The lowest BCUT2D eigenvalue weighted by molar-refractivity contribution is -0.115. The van der Waals surface area contributed by atoms with E-state index >= 15 is 0 Å². The third-order valence-corrected chi connectivity index (χ3v) is 6.35. The minimum atomic E-state index is -0.265. The third-order valence-electron chi connectivity index (χ3n) is 5.30. The quantitative estimate of drug-likeness (QED) is 0.494. The van der Waals surface area contributed by atoms with Crippen molar-refractivity contribution in [3.8, 4) is 11.5 Å². The molecule has 1 heterocycles. The van der Waals surface area contributed by atoms with E-state index in [1.54, 1.807) is 0 Å². The summed E-state index contributed by atoms with van der Waals surface area (Å²) in [6, 6.07) is 17.6. The Labute approximate surface area is 180 Å². The highest BCUT2D eigenvalue weighted by Crippen LogP contribution is 2.46. The van der Waals surface area contributed by atoms with E-state index in [1.807, 2.05) is 61.5 Å². The fourth-order valence-electron chi connectivity index (χ4n) is 3.35. The summed E-state index contributed by atoms with van der Waals surface area (Å²) in [6.45, 7) is 1.91. The lowest BCUT2D eigenvalue weighted by atomic mass is 10.3. The Morgan fingerprint density at radius 2 is 1.73 bits per heavy atom. The molecule has 154 valence electrons. The van der Waals surface area contributed by atoms with Gasteiger partial charge in [-0.1, -0.05) is 30.0 Å². The van der Waals surface area contributed by atoms with E-state index in [1.165, 1.54) is 37.4 Å². The molecule has 1 N–H and O–H groups in total. The van der Waals surface area contributed by atoms with E-state index in [4.69, 9.17) is 4.74 Å². The number of amides is 1. The lowest BCUT2D eigenvalue weighted by Crippen LogP contribution is -2.23. The zero-order valence-corrected chi connectivity index (χ0v) is 17.6. The van der Waals surface area contributed by atoms with Crippen molar-refractivity contribution in [2.24, 2.45) is 0 Å². The maximum Gasteiger partial charge on any atom is 0.237 e.